The summed E-state index contributed by atoms with van der Waals surface area (Å²) in [4.78, 5) is 18.1. The van der Waals surface area contributed by atoms with Gasteiger partial charge in [-0.3, -0.25) is 9.78 Å². The number of rotatable bonds is 5. The van der Waals surface area contributed by atoms with E-state index in [0.717, 1.165) is 23.1 Å². The molecule has 3 rings (SSSR count). The first-order chi connectivity index (χ1) is 11.3. The van der Waals surface area contributed by atoms with Crippen molar-refractivity contribution in [2.24, 2.45) is 0 Å². The molecule has 3 heterocycles. The Labute approximate surface area is 139 Å². The molecule has 1 aliphatic heterocycles. The van der Waals surface area contributed by atoms with Gasteiger partial charge < -0.3 is 14.2 Å². The lowest BCUT2D eigenvalue weighted by molar-refractivity contribution is -0.132. The number of carbonyl (C=O) groups excluding carboxylic acids is 1. The molecule has 1 saturated heterocycles. The van der Waals surface area contributed by atoms with E-state index in [9.17, 15) is 4.79 Å². The highest BCUT2D eigenvalue weighted by molar-refractivity contribution is 7.99. The highest BCUT2D eigenvalue weighted by Crippen LogP contribution is 2.23. The summed E-state index contributed by atoms with van der Waals surface area (Å²) in [5.41, 5.74) is 0.973. The Hall–Kier alpha value is -1.93. The normalized spacial score (nSPS) is 14.9. The van der Waals surface area contributed by atoms with Crippen LogP contribution in [0.1, 0.15) is 6.92 Å². The summed E-state index contributed by atoms with van der Waals surface area (Å²) in [7, 11) is 0. The summed E-state index contributed by atoms with van der Waals surface area (Å²) >= 11 is 1.43. The third-order valence-corrected chi connectivity index (χ3v) is 4.61. The number of amides is 1. The molecule has 0 bridgehead atoms. The highest BCUT2D eigenvalue weighted by atomic mass is 32.2. The van der Waals surface area contributed by atoms with Crippen LogP contribution in [0.3, 0.4) is 0 Å². The van der Waals surface area contributed by atoms with Crippen LogP contribution in [0, 0.1) is 0 Å². The Morgan fingerprint density at radius 3 is 2.70 bits per heavy atom. The third kappa shape index (κ3) is 3.70. The Bertz CT molecular complexity index is 655. The van der Waals surface area contributed by atoms with E-state index < -0.39 is 0 Å². The number of morpholine rings is 1. The van der Waals surface area contributed by atoms with Crippen molar-refractivity contribution < 1.29 is 9.53 Å². The van der Waals surface area contributed by atoms with Gasteiger partial charge in [0.05, 0.1) is 19.0 Å². The number of pyridine rings is 1. The van der Waals surface area contributed by atoms with Crippen molar-refractivity contribution in [1.29, 1.82) is 0 Å². The maximum Gasteiger partial charge on any atom is 0.233 e. The third-order valence-electron chi connectivity index (χ3n) is 3.66. The molecule has 2 aromatic rings. The van der Waals surface area contributed by atoms with E-state index in [1.165, 1.54) is 11.8 Å². The molecule has 0 aliphatic carbocycles. The molecule has 0 atom stereocenters. The van der Waals surface area contributed by atoms with Gasteiger partial charge in [-0.15, -0.1) is 10.2 Å². The molecule has 7 nitrogen and oxygen atoms in total. The van der Waals surface area contributed by atoms with Crippen molar-refractivity contribution in [3.8, 4) is 11.4 Å². The maximum atomic E-state index is 12.2. The first kappa shape index (κ1) is 15.9. The second kappa shape index (κ2) is 7.56. The summed E-state index contributed by atoms with van der Waals surface area (Å²) in [6.45, 7) is 5.37. The van der Waals surface area contributed by atoms with Gasteiger partial charge in [0, 0.05) is 37.6 Å². The molecule has 0 N–H and O–H groups in total. The van der Waals surface area contributed by atoms with Crippen molar-refractivity contribution in [3.05, 3.63) is 24.5 Å². The largest absolute Gasteiger partial charge is 0.378 e. The fourth-order valence-electron chi connectivity index (χ4n) is 2.43. The van der Waals surface area contributed by atoms with Crippen LogP contribution in [0.4, 0.5) is 0 Å². The van der Waals surface area contributed by atoms with Crippen molar-refractivity contribution in [2.75, 3.05) is 32.1 Å². The molecule has 1 aliphatic rings. The van der Waals surface area contributed by atoms with E-state index in [1.807, 2.05) is 28.5 Å². The second-order valence-corrected chi connectivity index (χ2v) is 6.01. The molecule has 122 valence electrons. The van der Waals surface area contributed by atoms with Crippen LogP contribution in [0.15, 0.2) is 29.7 Å². The zero-order chi connectivity index (χ0) is 16.1. The van der Waals surface area contributed by atoms with E-state index in [1.54, 1.807) is 12.4 Å². The van der Waals surface area contributed by atoms with Crippen LogP contribution in [-0.4, -0.2) is 62.6 Å². The van der Waals surface area contributed by atoms with Crippen LogP contribution in [0.5, 0.6) is 0 Å². The summed E-state index contributed by atoms with van der Waals surface area (Å²) < 4.78 is 7.29. The Morgan fingerprint density at radius 2 is 2.00 bits per heavy atom. The molecule has 0 spiro atoms. The number of ether oxygens (including phenoxy) is 1. The highest BCUT2D eigenvalue weighted by Gasteiger charge is 2.19. The average molecular weight is 333 g/mol. The van der Waals surface area contributed by atoms with E-state index in [0.29, 0.717) is 32.1 Å². The van der Waals surface area contributed by atoms with Crippen LogP contribution in [0.2, 0.25) is 0 Å². The van der Waals surface area contributed by atoms with Crippen LogP contribution in [0.25, 0.3) is 11.4 Å². The maximum absolute atomic E-state index is 12.2. The molecule has 0 aromatic carbocycles. The van der Waals surface area contributed by atoms with E-state index in [4.69, 9.17) is 4.74 Å². The molecule has 8 heteroatoms. The number of hydrogen-bond donors (Lipinski definition) is 0. The van der Waals surface area contributed by atoms with Crippen LogP contribution >= 0.6 is 11.8 Å². The molecule has 0 radical (unpaired) electrons. The van der Waals surface area contributed by atoms with Gasteiger partial charge in [0.15, 0.2) is 11.0 Å². The Morgan fingerprint density at radius 1 is 1.26 bits per heavy atom. The number of nitrogens with zero attached hydrogens (tertiary/aromatic N) is 5. The molecule has 0 saturated carbocycles. The summed E-state index contributed by atoms with van der Waals surface area (Å²) in [6, 6.07) is 3.81. The minimum atomic E-state index is 0.120. The molecule has 0 unspecified atom stereocenters. The van der Waals surface area contributed by atoms with E-state index in [-0.39, 0.29) is 5.91 Å². The SMILES string of the molecule is CCn1c(SCC(=O)N2CCOCC2)nnc1-c1ccncc1. The fraction of sp³-hybridized carbons (Fsp3) is 0.467. The zero-order valence-corrected chi connectivity index (χ0v) is 13.8. The Kier molecular flexibility index (Phi) is 5.24. The van der Waals surface area contributed by atoms with Gasteiger partial charge in [-0.25, -0.2) is 0 Å². The number of thioether (sulfide) groups is 1. The van der Waals surface area contributed by atoms with Crippen molar-refractivity contribution in [3.63, 3.8) is 0 Å². The smallest absolute Gasteiger partial charge is 0.233 e. The van der Waals surface area contributed by atoms with Crippen LogP contribution in [-0.2, 0) is 16.1 Å². The molecule has 2 aromatic heterocycles. The van der Waals surface area contributed by atoms with E-state index in [2.05, 4.69) is 15.2 Å². The van der Waals surface area contributed by atoms with Gasteiger partial charge in [-0.2, -0.15) is 0 Å². The molecule has 1 amide bonds. The monoisotopic (exact) mass is 333 g/mol. The van der Waals surface area contributed by atoms with Crippen LogP contribution < -0.4 is 0 Å². The first-order valence-corrected chi connectivity index (χ1v) is 8.60. The number of carbonyl (C=O) groups is 1. The predicted molar refractivity (Wildman–Crippen MR) is 87.1 cm³/mol. The fourth-order valence-corrected chi connectivity index (χ4v) is 3.33. The minimum Gasteiger partial charge on any atom is -0.378 e. The van der Waals surface area contributed by atoms with Gasteiger partial charge in [0.2, 0.25) is 5.91 Å². The molecular weight excluding hydrogens is 314 g/mol. The van der Waals surface area contributed by atoms with Gasteiger partial charge in [-0.1, -0.05) is 11.8 Å². The first-order valence-electron chi connectivity index (χ1n) is 7.61. The second-order valence-electron chi connectivity index (χ2n) is 5.07. The number of aromatic nitrogens is 4. The van der Waals surface area contributed by atoms with Gasteiger partial charge in [0.25, 0.3) is 0 Å². The lowest BCUT2D eigenvalue weighted by Gasteiger charge is -2.26. The van der Waals surface area contributed by atoms with Crippen molar-refractivity contribution in [2.45, 2.75) is 18.6 Å². The standard InChI is InChI=1S/C15H19N5O2S/c1-2-20-14(12-3-5-16-6-4-12)17-18-15(20)23-11-13(21)19-7-9-22-10-8-19/h3-6H,2,7-11H2,1H3. The lowest BCUT2D eigenvalue weighted by Crippen LogP contribution is -2.41. The van der Waals surface area contributed by atoms with Gasteiger partial charge in [0.1, 0.15) is 0 Å². The molecular formula is C15H19N5O2S. The zero-order valence-electron chi connectivity index (χ0n) is 13.0. The average Bonchev–Trinajstić information content (AvgIpc) is 3.04. The Balaban J connectivity index is 1.68. The van der Waals surface area contributed by atoms with Gasteiger partial charge in [-0.05, 0) is 19.1 Å². The summed E-state index contributed by atoms with van der Waals surface area (Å²) in [5, 5.41) is 9.27. The van der Waals surface area contributed by atoms with Crippen molar-refractivity contribution >= 4 is 17.7 Å². The topological polar surface area (TPSA) is 73.1 Å². The lowest BCUT2D eigenvalue weighted by atomic mass is 10.2. The quantitative estimate of drug-likeness (QED) is 0.768. The molecule has 23 heavy (non-hydrogen) atoms. The number of hydrogen-bond acceptors (Lipinski definition) is 6. The summed E-state index contributed by atoms with van der Waals surface area (Å²) in [5.74, 6) is 1.29. The van der Waals surface area contributed by atoms with Gasteiger partial charge >= 0.3 is 0 Å². The minimum absolute atomic E-state index is 0.120. The molecule has 1 fully saturated rings. The van der Waals surface area contributed by atoms with Crippen molar-refractivity contribution in [1.82, 2.24) is 24.6 Å². The van der Waals surface area contributed by atoms with E-state index >= 15 is 0 Å². The predicted octanol–water partition coefficient (Wildman–Crippen LogP) is 1.31. The summed E-state index contributed by atoms with van der Waals surface area (Å²) in [6.07, 6.45) is 3.47.